The number of methoxy groups -OCH3 is 1. The highest BCUT2D eigenvalue weighted by Gasteiger charge is 2.09. The van der Waals surface area contributed by atoms with Crippen molar-refractivity contribution in [3.63, 3.8) is 0 Å². The number of hydrogen-bond acceptors (Lipinski definition) is 4. The third-order valence-electron chi connectivity index (χ3n) is 2.22. The van der Waals surface area contributed by atoms with E-state index >= 15 is 0 Å². The van der Waals surface area contributed by atoms with Gasteiger partial charge in [0.15, 0.2) is 0 Å². The number of anilines is 1. The number of hydrogen-bond donors (Lipinski definition) is 2. The molecule has 0 aliphatic heterocycles. The zero-order chi connectivity index (χ0) is 12.2. The third kappa shape index (κ3) is 3.71. The minimum Gasteiger partial charge on any atom is -0.496 e. The molecule has 90 valence electrons. The lowest BCUT2D eigenvalue weighted by Gasteiger charge is -2.10. The summed E-state index contributed by atoms with van der Waals surface area (Å²) in [6.45, 7) is 0. The van der Waals surface area contributed by atoms with E-state index in [0.717, 1.165) is 5.56 Å². The molecule has 3 N–H and O–H groups in total. The molecule has 0 saturated heterocycles. The maximum Gasteiger partial charge on any atom is 0.264 e. The molecule has 0 aliphatic carbocycles. The fourth-order valence-corrected chi connectivity index (χ4v) is 1.98. The molecule has 0 aliphatic rings. The van der Waals surface area contributed by atoms with Crippen LogP contribution in [0.2, 0.25) is 0 Å². The molecule has 1 aromatic rings. The molecule has 0 aromatic heterocycles. The van der Waals surface area contributed by atoms with Gasteiger partial charge in [-0.2, -0.15) is 8.42 Å². The number of rotatable bonds is 5. The van der Waals surface area contributed by atoms with Gasteiger partial charge in [0.1, 0.15) is 5.75 Å². The van der Waals surface area contributed by atoms with Crippen LogP contribution >= 0.6 is 0 Å². The van der Waals surface area contributed by atoms with Crippen LogP contribution in [0.4, 0.5) is 5.69 Å². The standard InChI is InChI=1S/C10H15NO4S/c1-15-10-6-2-5-9(11)8(10)4-3-7-16(12,13)14/h2,5-6H,3-4,7,11H2,1H3,(H,12,13,14). The zero-order valence-corrected chi connectivity index (χ0v) is 9.83. The maximum absolute atomic E-state index is 10.6. The van der Waals surface area contributed by atoms with Crippen molar-refractivity contribution in [2.24, 2.45) is 0 Å². The number of nitrogens with two attached hydrogens (primary N) is 1. The van der Waals surface area contributed by atoms with Crippen LogP contribution in [0.3, 0.4) is 0 Å². The van der Waals surface area contributed by atoms with Gasteiger partial charge in [-0.25, -0.2) is 0 Å². The second-order valence-electron chi connectivity index (χ2n) is 3.42. The lowest BCUT2D eigenvalue weighted by Crippen LogP contribution is -2.06. The van der Waals surface area contributed by atoms with Crippen molar-refractivity contribution in [3.8, 4) is 5.75 Å². The van der Waals surface area contributed by atoms with E-state index in [0.29, 0.717) is 24.3 Å². The van der Waals surface area contributed by atoms with Crippen LogP contribution in [0, 0.1) is 0 Å². The summed E-state index contributed by atoms with van der Waals surface area (Å²) < 4.78 is 34.8. The topological polar surface area (TPSA) is 89.6 Å². The summed E-state index contributed by atoms with van der Waals surface area (Å²) in [5.41, 5.74) is 7.09. The van der Waals surface area contributed by atoms with Gasteiger partial charge in [-0.15, -0.1) is 0 Å². The molecular formula is C10H15NO4S. The molecule has 0 bridgehead atoms. The molecule has 0 spiro atoms. The monoisotopic (exact) mass is 245 g/mol. The molecule has 0 radical (unpaired) electrons. The van der Waals surface area contributed by atoms with E-state index in [-0.39, 0.29) is 5.75 Å². The van der Waals surface area contributed by atoms with Crippen molar-refractivity contribution < 1.29 is 17.7 Å². The Morgan fingerprint density at radius 2 is 2.12 bits per heavy atom. The summed E-state index contributed by atoms with van der Waals surface area (Å²) >= 11 is 0. The molecule has 1 rings (SSSR count). The van der Waals surface area contributed by atoms with Crippen LogP contribution in [0.15, 0.2) is 18.2 Å². The number of ether oxygens (including phenoxy) is 1. The molecule has 16 heavy (non-hydrogen) atoms. The molecular weight excluding hydrogens is 230 g/mol. The molecule has 0 atom stereocenters. The lowest BCUT2D eigenvalue weighted by molar-refractivity contribution is 0.409. The molecule has 0 unspecified atom stereocenters. The number of benzene rings is 1. The van der Waals surface area contributed by atoms with E-state index in [2.05, 4.69) is 0 Å². The van der Waals surface area contributed by atoms with Gasteiger partial charge in [-0.3, -0.25) is 4.55 Å². The Labute approximate surface area is 95.0 Å². The van der Waals surface area contributed by atoms with E-state index < -0.39 is 10.1 Å². The molecule has 1 aromatic carbocycles. The quantitative estimate of drug-likeness (QED) is 0.599. The van der Waals surface area contributed by atoms with Gasteiger partial charge in [0, 0.05) is 11.3 Å². The maximum atomic E-state index is 10.6. The third-order valence-corrected chi connectivity index (χ3v) is 3.02. The summed E-state index contributed by atoms with van der Waals surface area (Å²) in [4.78, 5) is 0. The Bertz CT molecular complexity index is 456. The van der Waals surface area contributed by atoms with Gasteiger partial charge in [0.25, 0.3) is 10.1 Å². The second kappa shape index (κ2) is 5.18. The highest BCUT2D eigenvalue weighted by Crippen LogP contribution is 2.25. The highest BCUT2D eigenvalue weighted by molar-refractivity contribution is 7.85. The van der Waals surface area contributed by atoms with Crippen LogP contribution < -0.4 is 10.5 Å². The van der Waals surface area contributed by atoms with Crippen molar-refractivity contribution in [2.45, 2.75) is 12.8 Å². The normalized spacial score (nSPS) is 11.4. The Morgan fingerprint density at radius 3 is 2.69 bits per heavy atom. The summed E-state index contributed by atoms with van der Waals surface area (Å²) in [5, 5.41) is 0. The van der Waals surface area contributed by atoms with Crippen molar-refractivity contribution >= 4 is 15.8 Å². The molecule has 0 fully saturated rings. The lowest BCUT2D eigenvalue weighted by atomic mass is 10.1. The van der Waals surface area contributed by atoms with Gasteiger partial charge >= 0.3 is 0 Å². The highest BCUT2D eigenvalue weighted by atomic mass is 32.2. The molecule has 0 saturated carbocycles. The van der Waals surface area contributed by atoms with Crippen molar-refractivity contribution in [1.82, 2.24) is 0 Å². The van der Waals surface area contributed by atoms with Gasteiger partial charge in [-0.1, -0.05) is 6.07 Å². The van der Waals surface area contributed by atoms with Gasteiger partial charge in [-0.05, 0) is 25.0 Å². The first-order valence-corrected chi connectivity index (χ1v) is 6.41. The van der Waals surface area contributed by atoms with Crippen LogP contribution in [-0.2, 0) is 16.5 Å². The van der Waals surface area contributed by atoms with E-state index in [1.807, 2.05) is 0 Å². The van der Waals surface area contributed by atoms with Gasteiger partial charge in [0.05, 0.1) is 12.9 Å². The average molecular weight is 245 g/mol. The Morgan fingerprint density at radius 1 is 1.44 bits per heavy atom. The van der Waals surface area contributed by atoms with Crippen LogP contribution in [0.5, 0.6) is 5.75 Å². The van der Waals surface area contributed by atoms with Gasteiger partial charge < -0.3 is 10.5 Å². The predicted octanol–water partition coefficient (Wildman–Crippen LogP) is 1.10. The van der Waals surface area contributed by atoms with Crippen molar-refractivity contribution in [2.75, 3.05) is 18.6 Å². The zero-order valence-electron chi connectivity index (χ0n) is 9.01. The Kier molecular flexibility index (Phi) is 4.14. The molecule has 6 heteroatoms. The fourth-order valence-electron chi connectivity index (χ4n) is 1.47. The summed E-state index contributed by atoms with van der Waals surface area (Å²) in [6.07, 6.45) is 0.763. The summed E-state index contributed by atoms with van der Waals surface area (Å²) in [5.74, 6) is 0.361. The summed E-state index contributed by atoms with van der Waals surface area (Å²) in [6, 6.07) is 5.25. The van der Waals surface area contributed by atoms with E-state index in [4.69, 9.17) is 15.0 Å². The average Bonchev–Trinajstić information content (AvgIpc) is 2.18. The second-order valence-corrected chi connectivity index (χ2v) is 4.99. The van der Waals surface area contributed by atoms with Crippen LogP contribution in [0.1, 0.15) is 12.0 Å². The Hall–Kier alpha value is -1.27. The minimum atomic E-state index is -3.91. The first-order valence-electron chi connectivity index (χ1n) is 4.80. The fraction of sp³-hybridized carbons (Fsp3) is 0.400. The van der Waals surface area contributed by atoms with Crippen LogP contribution in [-0.4, -0.2) is 25.8 Å². The first kappa shape index (κ1) is 12.8. The van der Waals surface area contributed by atoms with Crippen molar-refractivity contribution in [1.29, 1.82) is 0 Å². The molecule has 0 amide bonds. The molecule has 0 heterocycles. The first-order chi connectivity index (χ1) is 7.44. The van der Waals surface area contributed by atoms with E-state index in [1.165, 1.54) is 7.11 Å². The smallest absolute Gasteiger partial charge is 0.264 e. The largest absolute Gasteiger partial charge is 0.496 e. The van der Waals surface area contributed by atoms with E-state index in [9.17, 15) is 8.42 Å². The predicted molar refractivity (Wildman–Crippen MR) is 62.1 cm³/mol. The SMILES string of the molecule is COc1cccc(N)c1CCCS(=O)(=O)O. The van der Waals surface area contributed by atoms with Gasteiger partial charge in [0.2, 0.25) is 0 Å². The Balaban J connectivity index is 2.73. The number of nitrogen functional groups attached to an aromatic ring is 1. The minimum absolute atomic E-state index is 0.273. The van der Waals surface area contributed by atoms with E-state index in [1.54, 1.807) is 18.2 Å². The summed E-state index contributed by atoms with van der Waals surface area (Å²) in [7, 11) is -2.38. The van der Waals surface area contributed by atoms with Crippen molar-refractivity contribution in [3.05, 3.63) is 23.8 Å². The van der Waals surface area contributed by atoms with Crippen LogP contribution in [0.25, 0.3) is 0 Å². The molecule has 5 nitrogen and oxygen atoms in total.